The molecule has 4 nitrogen and oxygen atoms in total. The lowest BCUT2D eigenvalue weighted by Crippen LogP contribution is -2.10. The van der Waals surface area contributed by atoms with Crippen LogP contribution in [0.5, 0.6) is 0 Å². The number of hydrogen-bond acceptors (Lipinski definition) is 3. The number of fused-ring (bicyclic) bond motifs is 1. The molecule has 0 spiro atoms. The molecular weight excluding hydrogens is 573 g/mol. The lowest BCUT2D eigenvalue weighted by Gasteiger charge is -2.26. The van der Waals surface area contributed by atoms with E-state index in [2.05, 4.69) is 190 Å². The van der Waals surface area contributed by atoms with Crippen molar-refractivity contribution < 1.29 is 0 Å². The maximum atomic E-state index is 5.14. The van der Waals surface area contributed by atoms with Crippen molar-refractivity contribution in [2.45, 2.75) is 0 Å². The van der Waals surface area contributed by atoms with Crippen LogP contribution in [0.4, 0.5) is 34.1 Å². The lowest BCUT2D eigenvalue weighted by atomic mass is 10.1. The van der Waals surface area contributed by atoms with Gasteiger partial charge >= 0.3 is 0 Å². The highest BCUT2D eigenvalue weighted by Crippen LogP contribution is 2.38. The van der Waals surface area contributed by atoms with Crippen molar-refractivity contribution in [3.63, 3.8) is 0 Å². The summed E-state index contributed by atoms with van der Waals surface area (Å²) in [6, 6.07) is 67.7. The molecular formula is C43H32N4. The number of para-hydroxylation sites is 6. The minimum atomic E-state index is 0.902. The first-order valence-electron chi connectivity index (χ1n) is 15.8. The number of nitrogens with zero attached hydrogens (tertiary/aromatic N) is 4. The van der Waals surface area contributed by atoms with Crippen LogP contribution in [0.2, 0.25) is 0 Å². The Hall–Kier alpha value is -6.39. The number of anilines is 6. The van der Waals surface area contributed by atoms with Crippen LogP contribution in [0.1, 0.15) is 0 Å². The first kappa shape index (κ1) is 28.1. The topological polar surface area (TPSA) is 24.3 Å². The van der Waals surface area contributed by atoms with E-state index in [4.69, 9.17) is 4.98 Å². The molecule has 0 aliphatic rings. The Bertz CT molecular complexity index is 2130. The molecule has 0 bridgehead atoms. The van der Waals surface area contributed by atoms with Gasteiger partial charge in [0.1, 0.15) is 5.82 Å². The van der Waals surface area contributed by atoms with Gasteiger partial charge in [0, 0.05) is 45.4 Å². The summed E-state index contributed by atoms with van der Waals surface area (Å²) < 4.78 is 2.26. The van der Waals surface area contributed by atoms with E-state index < -0.39 is 0 Å². The highest BCUT2D eigenvalue weighted by molar-refractivity contribution is 5.85. The smallest absolute Gasteiger partial charge is 0.145 e. The Kier molecular flexibility index (Phi) is 7.50. The average molecular weight is 605 g/mol. The van der Waals surface area contributed by atoms with Crippen LogP contribution in [0, 0.1) is 0 Å². The molecule has 1 heterocycles. The quantitative estimate of drug-likeness (QED) is 0.172. The summed E-state index contributed by atoms with van der Waals surface area (Å²) in [5.41, 5.74) is 10.7. The zero-order chi connectivity index (χ0) is 31.4. The van der Waals surface area contributed by atoms with Crippen LogP contribution in [-0.2, 0) is 0 Å². The summed E-state index contributed by atoms with van der Waals surface area (Å²) in [5, 5.41) is 0. The Balaban J connectivity index is 1.19. The van der Waals surface area contributed by atoms with Gasteiger partial charge in [-0.2, -0.15) is 0 Å². The van der Waals surface area contributed by atoms with Gasteiger partial charge in [0.15, 0.2) is 0 Å². The summed E-state index contributed by atoms with van der Waals surface area (Å²) in [6.07, 6.45) is 0. The second-order valence-corrected chi connectivity index (χ2v) is 11.3. The van der Waals surface area contributed by atoms with Gasteiger partial charge in [-0.05, 0) is 109 Å². The van der Waals surface area contributed by atoms with Gasteiger partial charge in [-0.25, -0.2) is 4.98 Å². The molecule has 0 saturated carbocycles. The zero-order valence-corrected chi connectivity index (χ0v) is 25.8. The monoisotopic (exact) mass is 604 g/mol. The van der Waals surface area contributed by atoms with Crippen molar-refractivity contribution in [1.29, 1.82) is 0 Å². The SMILES string of the molecule is c1ccc(N(c2ccccc2)c2ccc(-c3nc4ccccc4n3-c3ccc(N(c4ccccc4)c4ccccc4)cc3)cc2)cc1. The van der Waals surface area contributed by atoms with Crippen molar-refractivity contribution in [3.8, 4) is 17.1 Å². The second-order valence-electron chi connectivity index (χ2n) is 11.3. The van der Waals surface area contributed by atoms with Crippen LogP contribution in [0.15, 0.2) is 194 Å². The van der Waals surface area contributed by atoms with Gasteiger partial charge in [-0.15, -0.1) is 0 Å². The molecule has 0 amide bonds. The molecule has 7 aromatic carbocycles. The van der Waals surface area contributed by atoms with Gasteiger partial charge in [0.2, 0.25) is 0 Å². The zero-order valence-electron chi connectivity index (χ0n) is 25.8. The first-order valence-corrected chi connectivity index (χ1v) is 15.8. The molecule has 0 radical (unpaired) electrons. The molecule has 0 saturated heterocycles. The van der Waals surface area contributed by atoms with E-state index in [1.54, 1.807) is 0 Å². The fourth-order valence-corrected chi connectivity index (χ4v) is 6.19. The normalized spacial score (nSPS) is 11.0. The van der Waals surface area contributed by atoms with Crippen molar-refractivity contribution >= 4 is 45.2 Å². The molecule has 0 aliphatic heterocycles. The molecule has 1 aromatic heterocycles. The van der Waals surface area contributed by atoms with E-state index in [1.807, 2.05) is 18.2 Å². The highest BCUT2D eigenvalue weighted by Gasteiger charge is 2.18. The third-order valence-corrected chi connectivity index (χ3v) is 8.37. The molecule has 8 rings (SSSR count). The predicted octanol–water partition coefficient (Wildman–Crippen LogP) is 11.6. The van der Waals surface area contributed by atoms with Crippen LogP contribution >= 0.6 is 0 Å². The number of imidazole rings is 1. The Morgan fingerprint density at radius 1 is 0.340 bits per heavy atom. The fraction of sp³-hybridized carbons (Fsp3) is 0. The maximum absolute atomic E-state index is 5.14. The predicted molar refractivity (Wildman–Crippen MR) is 196 cm³/mol. The number of rotatable bonds is 8. The second kappa shape index (κ2) is 12.5. The number of benzene rings is 7. The Morgan fingerprint density at radius 3 is 1.15 bits per heavy atom. The lowest BCUT2D eigenvalue weighted by molar-refractivity contribution is 1.10. The van der Waals surface area contributed by atoms with E-state index in [0.717, 1.165) is 62.2 Å². The average Bonchev–Trinajstić information content (AvgIpc) is 3.54. The van der Waals surface area contributed by atoms with Gasteiger partial charge in [-0.1, -0.05) is 84.9 Å². The van der Waals surface area contributed by atoms with Crippen molar-refractivity contribution in [1.82, 2.24) is 9.55 Å². The van der Waals surface area contributed by atoms with E-state index in [0.29, 0.717) is 0 Å². The minimum absolute atomic E-state index is 0.902. The largest absolute Gasteiger partial charge is 0.311 e. The molecule has 8 aromatic rings. The van der Waals surface area contributed by atoms with Crippen LogP contribution in [-0.4, -0.2) is 9.55 Å². The van der Waals surface area contributed by atoms with E-state index in [-0.39, 0.29) is 0 Å². The van der Waals surface area contributed by atoms with Crippen molar-refractivity contribution in [2.75, 3.05) is 9.80 Å². The molecule has 0 atom stereocenters. The molecule has 0 fully saturated rings. The van der Waals surface area contributed by atoms with E-state index >= 15 is 0 Å². The summed E-state index contributed by atoms with van der Waals surface area (Å²) >= 11 is 0. The van der Waals surface area contributed by atoms with Gasteiger partial charge in [0.05, 0.1) is 11.0 Å². The number of hydrogen-bond donors (Lipinski definition) is 0. The van der Waals surface area contributed by atoms with Crippen LogP contribution in [0.25, 0.3) is 28.1 Å². The van der Waals surface area contributed by atoms with Gasteiger partial charge < -0.3 is 9.80 Å². The van der Waals surface area contributed by atoms with Gasteiger partial charge in [-0.3, -0.25) is 4.57 Å². The molecule has 47 heavy (non-hydrogen) atoms. The molecule has 0 aliphatic carbocycles. The Morgan fingerprint density at radius 2 is 0.702 bits per heavy atom. The summed E-state index contributed by atoms with van der Waals surface area (Å²) in [4.78, 5) is 9.69. The van der Waals surface area contributed by atoms with E-state index in [1.165, 1.54) is 0 Å². The third kappa shape index (κ3) is 5.54. The number of aromatic nitrogens is 2. The third-order valence-electron chi connectivity index (χ3n) is 8.37. The summed E-state index contributed by atoms with van der Waals surface area (Å²) in [5.74, 6) is 0.902. The minimum Gasteiger partial charge on any atom is -0.311 e. The molecule has 0 N–H and O–H groups in total. The first-order chi connectivity index (χ1) is 23.3. The van der Waals surface area contributed by atoms with Crippen molar-refractivity contribution in [2.24, 2.45) is 0 Å². The molecule has 224 valence electrons. The molecule has 4 heteroatoms. The fourth-order valence-electron chi connectivity index (χ4n) is 6.19. The van der Waals surface area contributed by atoms with Crippen molar-refractivity contribution in [3.05, 3.63) is 194 Å². The maximum Gasteiger partial charge on any atom is 0.145 e. The molecule has 0 unspecified atom stereocenters. The standard InChI is InChI=1S/C43H32N4/c1-5-15-34(16-6-1)45(35-17-7-2-8-18-35)38-27-25-33(26-28-38)43-44-41-23-13-14-24-42(41)47(43)40-31-29-39(30-32-40)46(36-19-9-3-10-20-36)37-21-11-4-12-22-37/h1-32H. The Labute approximate surface area is 275 Å². The highest BCUT2D eigenvalue weighted by atomic mass is 15.2. The summed E-state index contributed by atoms with van der Waals surface area (Å²) in [7, 11) is 0. The van der Waals surface area contributed by atoms with Gasteiger partial charge in [0.25, 0.3) is 0 Å². The van der Waals surface area contributed by atoms with Crippen LogP contribution in [0.3, 0.4) is 0 Å². The van der Waals surface area contributed by atoms with Crippen LogP contribution < -0.4 is 9.80 Å². The van der Waals surface area contributed by atoms with E-state index in [9.17, 15) is 0 Å². The summed E-state index contributed by atoms with van der Waals surface area (Å²) in [6.45, 7) is 0.